The molecule has 0 unspecified atom stereocenters. The van der Waals surface area contributed by atoms with Crippen LogP contribution in [0.2, 0.25) is 0 Å². The zero-order chi connectivity index (χ0) is 20.6. The summed E-state index contributed by atoms with van der Waals surface area (Å²) < 4.78 is 0. The molecule has 2 fully saturated rings. The van der Waals surface area contributed by atoms with Gasteiger partial charge in [0.05, 0.1) is 6.54 Å². The highest BCUT2D eigenvalue weighted by molar-refractivity contribution is 6.02. The maximum atomic E-state index is 13.0. The van der Waals surface area contributed by atoms with E-state index in [-0.39, 0.29) is 6.03 Å². The number of piperidine rings is 1. The molecule has 2 heterocycles. The van der Waals surface area contributed by atoms with Crippen molar-refractivity contribution in [3.8, 4) is 11.1 Å². The molecule has 4 rings (SSSR count). The fraction of sp³-hybridized carbons (Fsp3) is 0.391. The SMILES string of the molecule is CN(C)Cc1ccccc1-c1ccc(N2C[C@@]3(C(N)=O)CCCCN3C2=O)cc1. The number of benzene rings is 2. The standard InChI is InChI=1S/C23H28N4O2/c1-25(2)15-18-7-3-4-8-20(18)17-9-11-19(12-10-17)26-16-23(21(24)28)13-5-6-14-27(23)22(26)29/h3-4,7-12H,5-6,13-16H2,1-2H3,(H2,24,28)/t23-/m1/s1. The Bertz CT molecular complexity index is 925. The normalized spacial score (nSPS) is 21.6. The predicted molar refractivity (Wildman–Crippen MR) is 114 cm³/mol. The topological polar surface area (TPSA) is 69.9 Å². The highest BCUT2D eigenvalue weighted by Crippen LogP contribution is 2.38. The van der Waals surface area contributed by atoms with E-state index < -0.39 is 11.4 Å². The summed E-state index contributed by atoms with van der Waals surface area (Å²) in [4.78, 5) is 30.8. The summed E-state index contributed by atoms with van der Waals surface area (Å²) >= 11 is 0. The van der Waals surface area contributed by atoms with Gasteiger partial charge in [-0.15, -0.1) is 0 Å². The summed E-state index contributed by atoms with van der Waals surface area (Å²) in [6, 6.07) is 16.3. The number of carbonyl (C=O) groups is 2. The van der Waals surface area contributed by atoms with Crippen molar-refractivity contribution in [2.45, 2.75) is 31.3 Å². The number of fused-ring (bicyclic) bond motifs is 1. The van der Waals surface area contributed by atoms with Gasteiger partial charge in [0.2, 0.25) is 5.91 Å². The molecule has 29 heavy (non-hydrogen) atoms. The average molecular weight is 393 g/mol. The third-order valence-corrected chi connectivity index (χ3v) is 6.07. The molecule has 0 saturated carbocycles. The van der Waals surface area contributed by atoms with Crippen molar-refractivity contribution in [1.82, 2.24) is 9.80 Å². The van der Waals surface area contributed by atoms with E-state index >= 15 is 0 Å². The maximum Gasteiger partial charge on any atom is 0.325 e. The molecule has 0 aliphatic carbocycles. The number of primary amides is 1. The quantitative estimate of drug-likeness (QED) is 0.850. The van der Waals surface area contributed by atoms with Crippen molar-refractivity contribution in [2.75, 3.05) is 32.1 Å². The maximum absolute atomic E-state index is 13.0. The van der Waals surface area contributed by atoms with Gasteiger partial charge in [-0.25, -0.2) is 4.79 Å². The molecule has 2 aromatic carbocycles. The van der Waals surface area contributed by atoms with Crippen LogP contribution in [0.3, 0.4) is 0 Å². The van der Waals surface area contributed by atoms with Gasteiger partial charge in [0.25, 0.3) is 0 Å². The molecule has 0 spiro atoms. The lowest BCUT2D eigenvalue weighted by Gasteiger charge is -2.37. The van der Waals surface area contributed by atoms with E-state index in [1.165, 1.54) is 11.1 Å². The molecule has 3 amide bonds. The summed E-state index contributed by atoms with van der Waals surface area (Å²) in [5.74, 6) is -0.401. The highest BCUT2D eigenvalue weighted by Gasteiger charge is 2.54. The lowest BCUT2D eigenvalue weighted by Crippen LogP contribution is -2.58. The Morgan fingerprint density at radius 1 is 1.10 bits per heavy atom. The molecular formula is C23H28N4O2. The number of rotatable bonds is 5. The lowest BCUT2D eigenvalue weighted by molar-refractivity contribution is -0.128. The van der Waals surface area contributed by atoms with Crippen molar-refractivity contribution >= 4 is 17.6 Å². The van der Waals surface area contributed by atoms with Gasteiger partial charge < -0.3 is 15.5 Å². The van der Waals surface area contributed by atoms with Crippen molar-refractivity contribution in [1.29, 1.82) is 0 Å². The van der Waals surface area contributed by atoms with Crippen molar-refractivity contribution in [3.63, 3.8) is 0 Å². The zero-order valence-electron chi connectivity index (χ0n) is 17.1. The van der Waals surface area contributed by atoms with Gasteiger partial charge in [0.1, 0.15) is 5.54 Å². The van der Waals surface area contributed by atoms with Crippen LogP contribution in [0.15, 0.2) is 48.5 Å². The van der Waals surface area contributed by atoms with E-state index in [4.69, 9.17) is 5.73 Å². The Morgan fingerprint density at radius 3 is 2.48 bits per heavy atom. The second-order valence-corrected chi connectivity index (χ2v) is 8.32. The van der Waals surface area contributed by atoms with Crippen LogP contribution in [0.5, 0.6) is 0 Å². The Kier molecular flexibility index (Phi) is 5.04. The minimum absolute atomic E-state index is 0.121. The minimum Gasteiger partial charge on any atom is -0.368 e. The van der Waals surface area contributed by atoms with Crippen LogP contribution in [0.4, 0.5) is 10.5 Å². The van der Waals surface area contributed by atoms with Gasteiger partial charge >= 0.3 is 6.03 Å². The van der Waals surface area contributed by atoms with E-state index in [1.54, 1.807) is 9.80 Å². The van der Waals surface area contributed by atoms with Gasteiger partial charge in [-0.1, -0.05) is 36.4 Å². The van der Waals surface area contributed by atoms with E-state index in [0.717, 1.165) is 30.6 Å². The molecule has 0 radical (unpaired) electrons. The van der Waals surface area contributed by atoms with Crippen LogP contribution >= 0.6 is 0 Å². The first-order valence-corrected chi connectivity index (χ1v) is 10.1. The second-order valence-electron chi connectivity index (χ2n) is 8.32. The van der Waals surface area contributed by atoms with Gasteiger partial charge in [0, 0.05) is 18.8 Å². The summed E-state index contributed by atoms with van der Waals surface area (Å²) in [5, 5.41) is 0. The molecule has 0 bridgehead atoms. The number of amides is 3. The molecule has 2 saturated heterocycles. The van der Waals surface area contributed by atoms with Crippen LogP contribution in [0.25, 0.3) is 11.1 Å². The second kappa shape index (κ2) is 7.52. The molecule has 2 N–H and O–H groups in total. The fourth-order valence-electron chi connectivity index (χ4n) is 4.59. The van der Waals surface area contributed by atoms with Crippen molar-refractivity contribution in [2.24, 2.45) is 5.73 Å². The number of hydrogen-bond donors (Lipinski definition) is 1. The molecule has 2 aliphatic rings. The van der Waals surface area contributed by atoms with Crippen molar-refractivity contribution in [3.05, 3.63) is 54.1 Å². The third kappa shape index (κ3) is 3.38. The molecule has 1 atom stereocenters. The number of urea groups is 1. The van der Waals surface area contributed by atoms with E-state index in [9.17, 15) is 9.59 Å². The van der Waals surface area contributed by atoms with E-state index in [1.807, 2.05) is 30.3 Å². The first kappa shape index (κ1) is 19.5. The van der Waals surface area contributed by atoms with Crippen LogP contribution in [-0.2, 0) is 11.3 Å². The highest BCUT2D eigenvalue weighted by atomic mass is 16.2. The monoisotopic (exact) mass is 392 g/mol. The summed E-state index contributed by atoms with van der Waals surface area (Å²) in [6.07, 6.45) is 2.47. The van der Waals surface area contributed by atoms with Gasteiger partial charge in [-0.2, -0.15) is 0 Å². The van der Waals surface area contributed by atoms with Crippen molar-refractivity contribution < 1.29 is 9.59 Å². The number of carbonyl (C=O) groups excluding carboxylic acids is 2. The van der Waals surface area contributed by atoms with Gasteiger partial charge in [-0.3, -0.25) is 9.69 Å². The van der Waals surface area contributed by atoms with E-state index in [2.05, 4.69) is 37.2 Å². The Balaban J connectivity index is 1.62. The molecule has 152 valence electrons. The Labute approximate surface area is 171 Å². The summed E-state index contributed by atoms with van der Waals surface area (Å²) in [5.41, 5.74) is 9.23. The fourth-order valence-corrected chi connectivity index (χ4v) is 4.59. The molecule has 2 aliphatic heterocycles. The van der Waals surface area contributed by atoms with E-state index in [0.29, 0.717) is 19.5 Å². The number of nitrogens with zero attached hydrogens (tertiary/aromatic N) is 3. The largest absolute Gasteiger partial charge is 0.368 e. The molecule has 6 heteroatoms. The average Bonchev–Trinajstić information content (AvgIpc) is 3.03. The zero-order valence-corrected chi connectivity index (χ0v) is 17.1. The van der Waals surface area contributed by atoms with Crippen LogP contribution in [-0.4, -0.2) is 54.5 Å². The first-order chi connectivity index (χ1) is 13.9. The molecule has 6 nitrogen and oxygen atoms in total. The van der Waals surface area contributed by atoms with Crippen LogP contribution in [0, 0.1) is 0 Å². The smallest absolute Gasteiger partial charge is 0.325 e. The predicted octanol–water partition coefficient (Wildman–Crippen LogP) is 3.07. The molecule has 2 aromatic rings. The number of hydrogen-bond acceptors (Lipinski definition) is 3. The minimum atomic E-state index is -0.869. The summed E-state index contributed by atoms with van der Waals surface area (Å²) in [7, 11) is 4.12. The summed E-state index contributed by atoms with van der Waals surface area (Å²) in [6.45, 7) is 1.78. The lowest BCUT2D eigenvalue weighted by atomic mass is 9.87. The molecule has 0 aromatic heterocycles. The van der Waals surface area contributed by atoms with Crippen LogP contribution in [0.1, 0.15) is 24.8 Å². The Morgan fingerprint density at radius 2 is 1.83 bits per heavy atom. The molecular weight excluding hydrogens is 364 g/mol. The number of nitrogens with two attached hydrogens (primary N) is 1. The third-order valence-electron chi connectivity index (χ3n) is 6.07. The van der Waals surface area contributed by atoms with Gasteiger partial charge in [0.15, 0.2) is 0 Å². The Hall–Kier alpha value is -2.86. The van der Waals surface area contributed by atoms with Gasteiger partial charge in [-0.05, 0) is 62.2 Å². The van der Waals surface area contributed by atoms with Crippen LogP contribution < -0.4 is 10.6 Å². The first-order valence-electron chi connectivity index (χ1n) is 10.1. The number of anilines is 1.